The van der Waals surface area contributed by atoms with E-state index < -0.39 is 66.3 Å². The maximum absolute atomic E-state index is 11.9. The van der Waals surface area contributed by atoms with Crippen LogP contribution in [0.3, 0.4) is 0 Å². The molecule has 480 valence electrons. The second-order valence-electron chi connectivity index (χ2n) is 26.6. The molecule has 0 aliphatic heterocycles. The summed E-state index contributed by atoms with van der Waals surface area (Å²) in [7, 11) is 1.62. The van der Waals surface area contributed by atoms with Gasteiger partial charge in [0.15, 0.2) is 63.4 Å². The van der Waals surface area contributed by atoms with Gasteiger partial charge in [-0.1, -0.05) is 125 Å². The molecule has 0 radical (unpaired) electrons. The molecule has 24 heteroatoms. The number of aromatic hydroxyl groups is 7. The number of pyridine rings is 4. The molecule has 4 heterocycles. The number of carboxylic acid groups (broad SMARTS) is 1. The number of nitrogens with zero attached hydrogens (tertiary/aromatic N) is 3. The lowest BCUT2D eigenvalue weighted by atomic mass is 9.86. The van der Waals surface area contributed by atoms with Crippen molar-refractivity contribution in [3.8, 4) is 40.2 Å². The van der Waals surface area contributed by atoms with E-state index >= 15 is 0 Å². The number of aromatic carboxylic acids is 1. The van der Waals surface area contributed by atoms with Crippen LogP contribution in [0.4, 0.5) is 0 Å². The first-order valence-corrected chi connectivity index (χ1v) is 27.1. The number of Topliss-reactive ketones (excluding diaryl/α,β-unsaturated/α-hetero) is 5. The van der Waals surface area contributed by atoms with E-state index in [1.165, 1.54) is 59.3 Å². The first kappa shape index (κ1) is 76.3. The monoisotopic (exact) mass is 1230 g/mol. The van der Waals surface area contributed by atoms with Gasteiger partial charge in [-0.3, -0.25) is 43.2 Å². The Bertz CT molecular complexity index is 3700. The summed E-state index contributed by atoms with van der Waals surface area (Å²) in [4.78, 5) is 117. The average Bonchev–Trinajstić information content (AvgIpc) is 2.07. The molecule has 6 rings (SSSR count). The van der Waals surface area contributed by atoms with Crippen LogP contribution in [0.2, 0.25) is 0 Å². The second-order valence-corrected chi connectivity index (χ2v) is 26.6. The Morgan fingerprint density at radius 2 is 0.784 bits per heavy atom. The number of benzene rings is 2. The normalized spacial score (nSPS) is 11.4. The van der Waals surface area contributed by atoms with Gasteiger partial charge in [0, 0.05) is 75.7 Å². The van der Waals surface area contributed by atoms with Gasteiger partial charge in [0.25, 0.3) is 0 Å². The van der Waals surface area contributed by atoms with Crippen LogP contribution < -0.4 is 21.7 Å². The van der Waals surface area contributed by atoms with Crippen LogP contribution in [0.5, 0.6) is 40.2 Å². The van der Waals surface area contributed by atoms with Crippen molar-refractivity contribution in [2.45, 2.75) is 131 Å². The van der Waals surface area contributed by atoms with E-state index in [9.17, 15) is 68.6 Å². The van der Waals surface area contributed by atoms with Crippen molar-refractivity contribution in [2.24, 2.45) is 39.5 Å². The van der Waals surface area contributed by atoms with E-state index in [0.717, 1.165) is 35.5 Å². The Hall–Kier alpha value is -9.74. The summed E-state index contributed by atoms with van der Waals surface area (Å²) in [6, 6.07) is 12.4. The number of nitrogens with one attached hydrogen (secondary N) is 1. The Morgan fingerprint density at radius 1 is 0.409 bits per heavy atom. The minimum atomic E-state index is -1.25. The maximum Gasteiger partial charge on any atom is 0.339 e. The third-order valence-electron chi connectivity index (χ3n) is 11.8. The maximum atomic E-state index is 11.9. The van der Waals surface area contributed by atoms with Gasteiger partial charge in [-0.2, -0.15) is 9.46 Å². The highest BCUT2D eigenvalue weighted by atomic mass is 16.5. The molecule has 88 heavy (non-hydrogen) atoms. The quantitative estimate of drug-likeness (QED) is 0.0402. The SMILES string of the molecule is CC(C)(C)C(=O)c1cc(=O)c(O)c[nH]1.CC(C)(C)C(=O)c1cc(=O)c(O)cn1O.CC(C)(C)C(=O)c1ccc(O)c(C(=O)O)c1.CC(C)(C)C(=O)c1ccc(O)c(O)c1.CC(C)(C)Cc1cc(=O)c(O)cn1O.Cn1cc(O)c(=O)cc1C(=O)C(C)(C)C. The van der Waals surface area contributed by atoms with Gasteiger partial charge in [0.05, 0.1) is 35.7 Å². The van der Waals surface area contributed by atoms with Gasteiger partial charge in [-0.05, 0) is 48.2 Å². The standard InChI is InChI=1S/C12H14O4.C11H15NO3.C11H14O3.C10H13NO4.C10H15NO3.C10H13NO3/c1-12(2,3)10(14)7-4-5-9(13)8(6-7)11(15)16;1-11(2,3)10(15)7-5-8(13)9(14)6-12(7)4;1-11(2,3)10(14)7-4-5-8(12)9(13)6-7;1-10(2,3)9(14)6-4-7(12)8(13)5-11(6)15;1-10(2,3)5-7-4-8(12)9(13)6-11(7)14;1-10(2,3)9(14)6-4-7(12)8(13)5-11-6/h4-6,13H,1-3H3,(H,15,16);5-6,14H,1-4H3;4-6,12-13H,1-3H3;4-5,13,15H,1-3H3;4,6,13-14H,5H2,1-3H3;4-5,13H,1-3H3,(H,11,12). The highest BCUT2D eigenvalue weighted by Gasteiger charge is 2.29. The van der Waals surface area contributed by atoms with Crippen LogP contribution in [0.15, 0.2) is 105 Å². The van der Waals surface area contributed by atoms with Crippen molar-refractivity contribution in [1.82, 2.24) is 19.0 Å². The van der Waals surface area contributed by atoms with Gasteiger partial charge < -0.3 is 60.8 Å². The molecule has 0 fully saturated rings. The largest absolute Gasteiger partial charge is 0.507 e. The summed E-state index contributed by atoms with van der Waals surface area (Å²) in [6.07, 6.45) is 4.77. The summed E-state index contributed by atoms with van der Waals surface area (Å²) >= 11 is 0. The highest BCUT2D eigenvalue weighted by molar-refractivity contribution is 6.03. The minimum Gasteiger partial charge on any atom is -0.507 e. The zero-order valence-corrected chi connectivity index (χ0v) is 53.2. The molecule has 0 unspecified atom stereocenters. The van der Waals surface area contributed by atoms with Crippen molar-refractivity contribution in [2.75, 3.05) is 0 Å². The molecule has 0 amide bonds. The molecule has 11 N–H and O–H groups in total. The predicted molar refractivity (Wildman–Crippen MR) is 328 cm³/mol. The Morgan fingerprint density at radius 3 is 1.19 bits per heavy atom. The van der Waals surface area contributed by atoms with Crippen molar-refractivity contribution in [3.63, 3.8) is 0 Å². The van der Waals surface area contributed by atoms with Crippen LogP contribution in [-0.2, 0) is 13.5 Å². The molecule has 0 saturated heterocycles. The molecule has 4 aromatic heterocycles. The molecule has 0 aliphatic rings. The number of aromatic nitrogens is 4. The number of aromatic amines is 1. The molecule has 6 aromatic rings. The Kier molecular flexibility index (Phi) is 25.6. The lowest BCUT2D eigenvalue weighted by molar-refractivity contribution is 0.0691. The van der Waals surface area contributed by atoms with Crippen molar-refractivity contribution < 1.29 is 80.0 Å². The lowest BCUT2D eigenvalue weighted by Gasteiger charge is -2.19. The number of H-pyrrole nitrogens is 1. The fourth-order valence-electron chi connectivity index (χ4n) is 6.90. The number of carbonyl (C=O) groups is 6. The number of hydrogen-bond donors (Lipinski definition) is 11. The van der Waals surface area contributed by atoms with Gasteiger partial charge in [-0.25, -0.2) is 4.79 Å². The fourth-order valence-corrected chi connectivity index (χ4v) is 6.90. The van der Waals surface area contributed by atoms with E-state index in [0.29, 0.717) is 33.7 Å². The number of carbonyl (C=O) groups excluding carboxylic acids is 5. The molecule has 0 aliphatic carbocycles. The van der Waals surface area contributed by atoms with Crippen molar-refractivity contribution in [3.05, 3.63) is 166 Å². The highest BCUT2D eigenvalue weighted by Crippen LogP contribution is 2.30. The summed E-state index contributed by atoms with van der Waals surface area (Å²) in [5.74, 6) is -4.69. The van der Waals surface area contributed by atoms with Gasteiger partial charge >= 0.3 is 5.97 Å². The van der Waals surface area contributed by atoms with E-state index in [4.69, 9.17) is 30.6 Å². The van der Waals surface area contributed by atoms with E-state index in [1.54, 1.807) is 111 Å². The summed E-state index contributed by atoms with van der Waals surface area (Å²) in [5, 5.41) is 91.3. The third kappa shape index (κ3) is 23.3. The zero-order chi connectivity index (χ0) is 68.9. The predicted octanol–water partition coefficient (Wildman–Crippen LogP) is 9.67. The topological polar surface area (TPSA) is 404 Å². The summed E-state index contributed by atoms with van der Waals surface area (Å²) in [6.45, 7) is 32.4. The van der Waals surface area contributed by atoms with E-state index in [1.807, 2.05) is 20.8 Å². The minimum absolute atomic E-state index is 0.0199. The lowest BCUT2D eigenvalue weighted by Crippen LogP contribution is -2.25. The number of hydrogen-bond acceptors (Lipinski definition) is 19. The number of phenols is 3. The summed E-state index contributed by atoms with van der Waals surface area (Å²) < 4.78 is 2.72. The Labute approximate surface area is 508 Å². The first-order valence-electron chi connectivity index (χ1n) is 27.1. The number of carboxylic acids is 1. The zero-order valence-electron chi connectivity index (χ0n) is 53.2. The van der Waals surface area contributed by atoms with Crippen LogP contribution in [0.1, 0.15) is 193 Å². The molecule has 0 atom stereocenters. The van der Waals surface area contributed by atoms with E-state index in [-0.39, 0.29) is 80.0 Å². The van der Waals surface area contributed by atoms with Crippen molar-refractivity contribution in [1.29, 1.82) is 0 Å². The van der Waals surface area contributed by atoms with Crippen LogP contribution in [0, 0.1) is 32.5 Å². The fraction of sp³-hybridized carbons (Fsp3) is 0.406. The summed E-state index contributed by atoms with van der Waals surface area (Å²) in [5.41, 5.74) is -3.74. The van der Waals surface area contributed by atoms with Crippen LogP contribution in [-0.4, -0.2) is 105 Å². The van der Waals surface area contributed by atoms with Crippen LogP contribution >= 0.6 is 0 Å². The van der Waals surface area contributed by atoms with E-state index in [2.05, 4.69) is 4.98 Å². The number of aryl methyl sites for hydroxylation is 1. The first-order chi connectivity index (χ1) is 39.6. The van der Waals surface area contributed by atoms with Crippen molar-refractivity contribution >= 4 is 34.9 Å². The van der Waals surface area contributed by atoms with Gasteiger partial charge in [0.2, 0.25) is 21.7 Å². The molecular weight excluding hydrogens is 1140 g/mol. The second kappa shape index (κ2) is 29.6. The molecule has 0 saturated carbocycles. The molecular formula is C64H84N4O20. The van der Waals surface area contributed by atoms with Crippen LogP contribution in [0.25, 0.3) is 0 Å². The third-order valence-corrected chi connectivity index (χ3v) is 11.8. The van der Waals surface area contributed by atoms with Gasteiger partial charge in [0.1, 0.15) is 17.0 Å². The Balaban J connectivity index is 0.000000528. The molecule has 0 spiro atoms. The smallest absolute Gasteiger partial charge is 0.339 e. The molecule has 2 aromatic carbocycles. The molecule has 0 bridgehead atoms. The number of ketones is 5. The number of rotatable bonds is 7. The molecule has 24 nitrogen and oxygen atoms in total. The van der Waals surface area contributed by atoms with Gasteiger partial charge in [-0.15, -0.1) is 0 Å². The number of phenolic OH excluding ortho intramolecular Hbond substituents is 2. The average molecular weight is 1230 g/mol.